The van der Waals surface area contributed by atoms with Crippen molar-refractivity contribution >= 4 is 28.2 Å². The maximum absolute atomic E-state index is 14.4. The van der Waals surface area contributed by atoms with E-state index in [1.54, 1.807) is 29.6 Å². The summed E-state index contributed by atoms with van der Waals surface area (Å²) in [4.78, 5) is 34.5. The Kier molecular flexibility index (Phi) is 8.57. The highest BCUT2D eigenvalue weighted by Crippen LogP contribution is 2.24. The second-order valence-corrected chi connectivity index (χ2v) is 8.52. The number of halogens is 6. The SMILES string of the molecule is NCC(Cn1ncn(Cc2cc(-n3c(=O)ccc4cccc(F)c43)cs2)c1=O)=C(F)F.O=C(O)C(F)(F)F. The molecule has 9 nitrogen and oxygen atoms in total. The number of carboxylic acids is 1. The lowest BCUT2D eigenvalue weighted by atomic mass is 10.2. The minimum absolute atomic E-state index is 0.116. The van der Waals surface area contributed by atoms with Crippen LogP contribution in [0.2, 0.25) is 0 Å². The number of aromatic nitrogens is 4. The van der Waals surface area contributed by atoms with Crippen molar-refractivity contribution in [2.75, 3.05) is 6.54 Å². The molecule has 3 N–H and O–H groups in total. The van der Waals surface area contributed by atoms with E-state index < -0.39 is 36.3 Å². The first kappa shape index (κ1) is 28.4. The number of fused-ring (bicyclic) bond motifs is 1. The van der Waals surface area contributed by atoms with Gasteiger partial charge in [-0.3, -0.25) is 13.9 Å². The summed E-state index contributed by atoms with van der Waals surface area (Å²) in [5, 5.41) is 13.2. The molecule has 0 bridgehead atoms. The van der Waals surface area contributed by atoms with Gasteiger partial charge in [0.1, 0.15) is 12.1 Å². The van der Waals surface area contributed by atoms with Crippen molar-refractivity contribution in [3.63, 3.8) is 0 Å². The molecule has 0 saturated heterocycles. The number of para-hydroxylation sites is 1. The van der Waals surface area contributed by atoms with Gasteiger partial charge < -0.3 is 10.8 Å². The summed E-state index contributed by atoms with van der Waals surface area (Å²) in [6.07, 6.45) is -5.77. The van der Waals surface area contributed by atoms with Crippen molar-refractivity contribution < 1.29 is 36.2 Å². The van der Waals surface area contributed by atoms with E-state index in [2.05, 4.69) is 5.10 Å². The lowest BCUT2D eigenvalue weighted by molar-refractivity contribution is -0.192. The van der Waals surface area contributed by atoms with Crippen LogP contribution in [-0.4, -0.2) is 42.7 Å². The maximum atomic E-state index is 14.4. The third-order valence-corrected chi connectivity index (χ3v) is 5.89. The molecule has 0 amide bonds. The number of pyridine rings is 1. The molecule has 0 fully saturated rings. The van der Waals surface area contributed by atoms with Crippen LogP contribution in [0.15, 0.2) is 69.3 Å². The highest BCUT2D eigenvalue weighted by Gasteiger charge is 2.38. The van der Waals surface area contributed by atoms with Gasteiger partial charge in [-0.05, 0) is 18.2 Å². The Morgan fingerprint density at radius 3 is 2.42 bits per heavy atom. The fourth-order valence-corrected chi connectivity index (χ4v) is 4.06. The molecular formula is C22H17F6N5O4S. The van der Waals surface area contributed by atoms with E-state index in [1.165, 1.54) is 38.9 Å². The Morgan fingerprint density at radius 2 is 1.82 bits per heavy atom. The first-order valence-electron chi connectivity index (χ1n) is 10.4. The van der Waals surface area contributed by atoms with E-state index in [0.29, 0.717) is 16.0 Å². The van der Waals surface area contributed by atoms with Gasteiger partial charge in [-0.25, -0.2) is 18.7 Å². The maximum Gasteiger partial charge on any atom is 0.490 e. The third kappa shape index (κ3) is 6.38. The molecule has 3 heterocycles. The molecule has 16 heteroatoms. The van der Waals surface area contributed by atoms with E-state index in [-0.39, 0.29) is 29.7 Å². The van der Waals surface area contributed by atoms with Gasteiger partial charge in [-0.2, -0.15) is 27.1 Å². The fraction of sp³-hybridized carbons (Fsp3) is 0.182. The van der Waals surface area contributed by atoms with Crippen molar-refractivity contribution in [1.29, 1.82) is 0 Å². The number of benzene rings is 1. The van der Waals surface area contributed by atoms with Crippen LogP contribution in [0.3, 0.4) is 0 Å². The second kappa shape index (κ2) is 11.5. The average Bonchev–Trinajstić information content (AvgIpc) is 3.44. The van der Waals surface area contributed by atoms with Crippen LogP contribution in [0.4, 0.5) is 26.3 Å². The van der Waals surface area contributed by atoms with Gasteiger partial charge in [0.25, 0.3) is 11.6 Å². The first-order chi connectivity index (χ1) is 17.8. The Labute approximate surface area is 212 Å². The quantitative estimate of drug-likeness (QED) is 0.348. The molecule has 4 aromatic rings. The lowest BCUT2D eigenvalue weighted by Crippen LogP contribution is -2.27. The molecular weight excluding hydrogens is 544 g/mol. The Bertz CT molecular complexity index is 1610. The van der Waals surface area contributed by atoms with Gasteiger partial charge in [0.15, 0.2) is 0 Å². The largest absolute Gasteiger partial charge is 0.490 e. The monoisotopic (exact) mass is 561 g/mol. The van der Waals surface area contributed by atoms with Crippen molar-refractivity contribution in [2.24, 2.45) is 5.73 Å². The minimum Gasteiger partial charge on any atom is -0.475 e. The summed E-state index contributed by atoms with van der Waals surface area (Å²) < 4.78 is 75.2. The average molecular weight is 561 g/mol. The van der Waals surface area contributed by atoms with Crippen LogP contribution >= 0.6 is 11.3 Å². The number of nitrogens with zero attached hydrogens (tertiary/aromatic N) is 4. The number of hydrogen-bond donors (Lipinski definition) is 2. The van der Waals surface area contributed by atoms with Crippen LogP contribution in [-0.2, 0) is 17.9 Å². The number of carboxylic acid groups (broad SMARTS) is 1. The van der Waals surface area contributed by atoms with Crippen molar-refractivity contribution in [3.05, 3.63) is 91.3 Å². The first-order valence-corrected chi connectivity index (χ1v) is 11.2. The highest BCUT2D eigenvalue weighted by molar-refractivity contribution is 7.10. The van der Waals surface area contributed by atoms with Gasteiger partial charge >= 0.3 is 17.8 Å². The predicted octanol–water partition coefficient (Wildman–Crippen LogP) is 3.34. The minimum atomic E-state index is -5.08. The van der Waals surface area contributed by atoms with Gasteiger partial charge in [0.05, 0.1) is 24.3 Å². The molecule has 0 unspecified atom stereocenters. The summed E-state index contributed by atoms with van der Waals surface area (Å²) in [5.74, 6) is -3.28. The van der Waals surface area contributed by atoms with Crippen LogP contribution < -0.4 is 17.0 Å². The van der Waals surface area contributed by atoms with Gasteiger partial charge in [-0.1, -0.05) is 12.1 Å². The normalized spacial score (nSPS) is 11.2. The molecule has 202 valence electrons. The number of nitrogens with two attached hydrogens (primary N) is 1. The van der Waals surface area contributed by atoms with Crippen LogP contribution in [0, 0.1) is 5.82 Å². The molecule has 0 aliphatic carbocycles. The summed E-state index contributed by atoms with van der Waals surface area (Å²) in [6, 6.07) is 9.15. The van der Waals surface area contributed by atoms with Crippen LogP contribution in [0.1, 0.15) is 4.88 Å². The highest BCUT2D eigenvalue weighted by atomic mass is 32.1. The van der Waals surface area contributed by atoms with E-state index >= 15 is 0 Å². The van der Waals surface area contributed by atoms with Gasteiger partial charge in [-0.15, -0.1) is 11.3 Å². The summed E-state index contributed by atoms with van der Waals surface area (Å²) in [6.45, 7) is -0.664. The molecule has 0 aliphatic heterocycles. The van der Waals surface area contributed by atoms with Gasteiger partial charge in [0, 0.05) is 33.8 Å². The number of hydrogen-bond acceptors (Lipinski definition) is 6. The molecule has 0 radical (unpaired) electrons. The molecule has 38 heavy (non-hydrogen) atoms. The number of rotatable bonds is 6. The number of carbonyl (C=O) groups is 1. The van der Waals surface area contributed by atoms with Crippen molar-refractivity contribution in [3.8, 4) is 5.69 Å². The van der Waals surface area contributed by atoms with Crippen LogP contribution in [0.25, 0.3) is 16.6 Å². The van der Waals surface area contributed by atoms with E-state index in [4.69, 9.17) is 15.6 Å². The summed E-state index contributed by atoms with van der Waals surface area (Å²) in [5.41, 5.74) is 4.58. The zero-order chi connectivity index (χ0) is 28.2. The number of thiophene rings is 1. The molecule has 0 atom stereocenters. The summed E-state index contributed by atoms with van der Waals surface area (Å²) in [7, 11) is 0. The molecule has 0 spiro atoms. The predicted molar refractivity (Wildman–Crippen MR) is 125 cm³/mol. The fourth-order valence-electron chi connectivity index (χ4n) is 3.21. The zero-order valence-corrected chi connectivity index (χ0v) is 19.8. The molecule has 0 saturated carbocycles. The van der Waals surface area contributed by atoms with E-state index in [1.807, 2.05) is 0 Å². The molecule has 0 aliphatic rings. The van der Waals surface area contributed by atoms with Crippen LogP contribution in [0.5, 0.6) is 0 Å². The standard InChI is InChI=1S/C20H16F3N5O2S.C2HF3O2/c21-16-3-1-2-12-4-5-17(29)28(18(12)16)14-6-15(31-10-14)9-26-11-25-27(20(26)30)8-13(7-24)19(22)23;3-2(4,5)1(6)7/h1-6,10-11H,7-9,24H2;(H,6,7). The van der Waals surface area contributed by atoms with Crippen molar-refractivity contribution in [1.82, 2.24) is 18.9 Å². The topological polar surface area (TPSA) is 125 Å². The molecule has 3 aromatic heterocycles. The number of alkyl halides is 3. The molecule has 1 aromatic carbocycles. The Morgan fingerprint density at radius 1 is 1.13 bits per heavy atom. The number of aliphatic carboxylic acids is 1. The summed E-state index contributed by atoms with van der Waals surface area (Å²) >= 11 is 1.28. The van der Waals surface area contributed by atoms with E-state index in [9.17, 15) is 35.9 Å². The second-order valence-electron chi connectivity index (χ2n) is 7.53. The zero-order valence-electron chi connectivity index (χ0n) is 19.0. The van der Waals surface area contributed by atoms with E-state index in [0.717, 1.165) is 4.68 Å². The Hall–Kier alpha value is -4.18. The van der Waals surface area contributed by atoms with Gasteiger partial charge in [0.2, 0.25) is 0 Å². The third-order valence-electron chi connectivity index (χ3n) is 4.99. The Balaban J connectivity index is 0.000000505. The molecule has 4 rings (SSSR count). The smallest absolute Gasteiger partial charge is 0.475 e. The lowest BCUT2D eigenvalue weighted by Gasteiger charge is -2.08. The van der Waals surface area contributed by atoms with Crippen molar-refractivity contribution in [2.45, 2.75) is 19.3 Å².